The number of carbonyl (C=O) groups is 1. The van der Waals surface area contributed by atoms with E-state index >= 15 is 0 Å². The number of carbonyl (C=O) groups excluding carboxylic acids is 1. The van der Waals surface area contributed by atoms with Crippen molar-refractivity contribution >= 4 is 5.97 Å². The molecule has 0 saturated carbocycles. The predicted octanol–water partition coefficient (Wildman–Crippen LogP) is 2.66. The van der Waals surface area contributed by atoms with Crippen LogP contribution >= 0.6 is 0 Å². The van der Waals surface area contributed by atoms with Gasteiger partial charge in [0.2, 0.25) is 0 Å². The van der Waals surface area contributed by atoms with Gasteiger partial charge in [-0.2, -0.15) is 0 Å². The van der Waals surface area contributed by atoms with Crippen LogP contribution < -0.4 is 0 Å². The molecule has 0 bridgehead atoms. The van der Waals surface area contributed by atoms with Crippen LogP contribution in [0.2, 0.25) is 0 Å². The first-order valence-electron chi connectivity index (χ1n) is 4.94. The molecular weight excluding hydrogens is 152 g/mol. The molecule has 0 N–H and O–H groups in total. The third-order valence-electron chi connectivity index (χ3n) is 2.75. The van der Waals surface area contributed by atoms with Crippen LogP contribution in [0.15, 0.2) is 0 Å². The van der Waals surface area contributed by atoms with E-state index in [0.29, 0.717) is 6.42 Å². The van der Waals surface area contributed by atoms with E-state index in [2.05, 4.69) is 13.8 Å². The second kappa shape index (κ2) is 3.92. The third kappa shape index (κ3) is 1.99. The average Bonchev–Trinajstić information content (AvgIpc) is 2.45. The smallest absolute Gasteiger partial charge is 0.306 e. The Morgan fingerprint density at radius 3 is 2.67 bits per heavy atom. The van der Waals surface area contributed by atoms with E-state index in [1.54, 1.807) is 0 Å². The van der Waals surface area contributed by atoms with Gasteiger partial charge in [-0.15, -0.1) is 0 Å². The van der Waals surface area contributed by atoms with Crippen molar-refractivity contribution in [1.82, 2.24) is 0 Å². The van der Waals surface area contributed by atoms with Crippen molar-refractivity contribution in [3.63, 3.8) is 0 Å². The third-order valence-corrected chi connectivity index (χ3v) is 2.75. The maximum Gasteiger partial charge on any atom is 0.306 e. The molecule has 0 aliphatic carbocycles. The molecule has 12 heavy (non-hydrogen) atoms. The predicted molar refractivity (Wildman–Crippen MR) is 47.9 cm³/mol. The SMILES string of the molecule is CCCCC1(CC)CCC(=O)O1. The van der Waals surface area contributed by atoms with Gasteiger partial charge >= 0.3 is 5.97 Å². The summed E-state index contributed by atoms with van der Waals surface area (Å²) in [5.74, 6) is -0.00652. The van der Waals surface area contributed by atoms with Crippen LogP contribution in [-0.4, -0.2) is 11.6 Å². The molecule has 0 aromatic heterocycles. The summed E-state index contributed by atoms with van der Waals surface area (Å²) in [7, 11) is 0. The molecule has 0 aromatic carbocycles. The van der Waals surface area contributed by atoms with Crippen LogP contribution in [0.1, 0.15) is 52.4 Å². The molecule has 1 aliphatic rings. The van der Waals surface area contributed by atoms with E-state index < -0.39 is 0 Å². The zero-order chi connectivity index (χ0) is 9.03. The van der Waals surface area contributed by atoms with Crippen molar-refractivity contribution in [2.75, 3.05) is 0 Å². The first-order valence-corrected chi connectivity index (χ1v) is 4.94. The fraction of sp³-hybridized carbons (Fsp3) is 0.900. The number of cyclic esters (lactones) is 1. The van der Waals surface area contributed by atoms with Crippen LogP contribution in [0.25, 0.3) is 0 Å². The van der Waals surface area contributed by atoms with Crippen molar-refractivity contribution in [2.45, 2.75) is 58.0 Å². The highest BCUT2D eigenvalue weighted by Crippen LogP contribution is 2.34. The normalized spacial score (nSPS) is 29.0. The number of hydrogen-bond acceptors (Lipinski definition) is 2. The Morgan fingerprint density at radius 1 is 1.50 bits per heavy atom. The molecule has 70 valence electrons. The maximum atomic E-state index is 11.0. The second-order valence-electron chi connectivity index (χ2n) is 3.61. The summed E-state index contributed by atoms with van der Waals surface area (Å²) in [4.78, 5) is 11.0. The molecule has 0 amide bonds. The van der Waals surface area contributed by atoms with Crippen molar-refractivity contribution in [1.29, 1.82) is 0 Å². The zero-order valence-corrected chi connectivity index (χ0v) is 8.06. The Hall–Kier alpha value is -0.530. The lowest BCUT2D eigenvalue weighted by atomic mass is 9.91. The number of rotatable bonds is 4. The summed E-state index contributed by atoms with van der Waals surface area (Å²) >= 11 is 0. The van der Waals surface area contributed by atoms with Gasteiger partial charge in [-0.25, -0.2) is 0 Å². The topological polar surface area (TPSA) is 26.3 Å². The van der Waals surface area contributed by atoms with Gasteiger partial charge in [-0.3, -0.25) is 4.79 Å². The summed E-state index contributed by atoms with van der Waals surface area (Å²) in [6.07, 6.45) is 5.92. The van der Waals surface area contributed by atoms with E-state index in [4.69, 9.17) is 4.74 Å². The Labute approximate surface area is 74.3 Å². The van der Waals surface area contributed by atoms with Crippen LogP contribution in [0.3, 0.4) is 0 Å². The maximum absolute atomic E-state index is 11.0. The molecule has 1 rings (SSSR count). The highest BCUT2D eigenvalue weighted by atomic mass is 16.6. The second-order valence-corrected chi connectivity index (χ2v) is 3.61. The number of unbranched alkanes of at least 4 members (excludes halogenated alkanes) is 1. The Bertz CT molecular complexity index is 165. The molecule has 1 unspecified atom stereocenters. The molecule has 1 saturated heterocycles. The van der Waals surface area contributed by atoms with Crippen molar-refractivity contribution < 1.29 is 9.53 Å². The lowest BCUT2D eigenvalue weighted by Gasteiger charge is -2.25. The Balaban J connectivity index is 2.46. The summed E-state index contributed by atoms with van der Waals surface area (Å²) in [6, 6.07) is 0. The van der Waals surface area contributed by atoms with Gasteiger partial charge in [0.25, 0.3) is 0 Å². The average molecular weight is 170 g/mol. The lowest BCUT2D eigenvalue weighted by Crippen LogP contribution is -2.27. The zero-order valence-electron chi connectivity index (χ0n) is 8.06. The van der Waals surface area contributed by atoms with Gasteiger partial charge in [-0.05, 0) is 25.7 Å². The van der Waals surface area contributed by atoms with Gasteiger partial charge in [0, 0.05) is 6.42 Å². The minimum absolute atomic E-state index is 0.00652. The first kappa shape index (κ1) is 9.56. The summed E-state index contributed by atoms with van der Waals surface area (Å²) in [6.45, 7) is 4.27. The van der Waals surface area contributed by atoms with E-state index in [1.165, 1.54) is 12.8 Å². The molecule has 1 atom stereocenters. The van der Waals surface area contributed by atoms with Crippen molar-refractivity contribution in [2.24, 2.45) is 0 Å². The first-order chi connectivity index (χ1) is 5.72. The standard InChI is InChI=1S/C10H18O2/c1-3-5-7-10(4-2)8-6-9(11)12-10/h3-8H2,1-2H3. The van der Waals surface area contributed by atoms with E-state index in [1.807, 2.05) is 0 Å². The highest BCUT2D eigenvalue weighted by Gasteiger charge is 2.37. The quantitative estimate of drug-likeness (QED) is 0.606. The van der Waals surface area contributed by atoms with Gasteiger partial charge in [0.1, 0.15) is 5.60 Å². The van der Waals surface area contributed by atoms with Crippen molar-refractivity contribution in [3.8, 4) is 0 Å². The van der Waals surface area contributed by atoms with E-state index in [0.717, 1.165) is 19.3 Å². The largest absolute Gasteiger partial charge is 0.459 e. The van der Waals surface area contributed by atoms with Crippen molar-refractivity contribution in [3.05, 3.63) is 0 Å². The molecule has 0 spiro atoms. The highest BCUT2D eigenvalue weighted by molar-refractivity contribution is 5.72. The summed E-state index contributed by atoms with van der Waals surface area (Å²) in [5, 5.41) is 0. The fourth-order valence-electron chi connectivity index (χ4n) is 1.77. The van der Waals surface area contributed by atoms with Gasteiger partial charge < -0.3 is 4.74 Å². The lowest BCUT2D eigenvalue weighted by molar-refractivity contribution is -0.149. The molecule has 0 radical (unpaired) electrons. The minimum Gasteiger partial charge on any atom is -0.459 e. The Morgan fingerprint density at radius 2 is 2.25 bits per heavy atom. The number of esters is 1. The molecule has 0 aromatic rings. The van der Waals surface area contributed by atoms with Crippen LogP contribution in [0.4, 0.5) is 0 Å². The van der Waals surface area contributed by atoms with Crippen LogP contribution in [0.5, 0.6) is 0 Å². The Kier molecular flexibility index (Phi) is 3.12. The van der Waals surface area contributed by atoms with Crippen LogP contribution in [-0.2, 0) is 9.53 Å². The molecule has 1 aliphatic heterocycles. The number of ether oxygens (including phenoxy) is 1. The fourth-order valence-corrected chi connectivity index (χ4v) is 1.77. The molecule has 2 nitrogen and oxygen atoms in total. The number of hydrogen-bond donors (Lipinski definition) is 0. The van der Waals surface area contributed by atoms with Gasteiger partial charge in [0.15, 0.2) is 0 Å². The summed E-state index contributed by atoms with van der Waals surface area (Å²) in [5.41, 5.74) is -0.0902. The monoisotopic (exact) mass is 170 g/mol. The summed E-state index contributed by atoms with van der Waals surface area (Å²) < 4.78 is 5.36. The molecule has 1 fully saturated rings. The molecule has 2 heteroatoms. The van der Waals surface area contributed by atoms with E-state index in [-0.39, 0.29) is 11.6 Å². The minimum atomic E-state index is -0.0902. The molecular formula is C10H18O2. The van der Waals surface area contributed by atoms with Gasteiger partial charge in [0.05, 0.1) is 0 Å². The van der Waals surface area contributed by atoms with E-state index in [9.17, 15) is 4.79 Å². The van der Waals surface area contributed by atoms with Crippen LogP contribution in [0, 0.1) is 0 Å². The molecule has 1 heterocycles. The van der Waals surface area contributed by atoms with Gasteiger partial charge in [-0.1, -0.05) is 20.3 Å².